The largest absolute Gasteiger partial charge is 0.573 e. The van der Waals surface area contributed by atoms with Crippen molar-refractivity contribution in [2.45, 2.75) is 13.3 Å². The molecule has 0 aliphatic rings. The van der Waals surface area contributed by atoms with Gasteiger partial charge in [0.2, 0.25) is 0 Å². The highest BCUT2D eigenvalue weighted by Gasteiger charge is 2.30. The number of hydrogen-bond acceptors (Lipinski definition) is 2. The summed E-state index contributed by atoms with van der Waals surface area (Å²) in [5.74, 6) is -0.245. The van der Waals surface area contributed by atoms with E-state index in [2.05, 4.69) is 9.72 Å². The van der Waals surface area contributed by atoms with Crippen LogP contribution in [-0.2, 0) is 0 Å². The summed E-state index contributed by atoms with van der Waals surface area (Å²) in [7, 11) is 0. The van der Waals surface area contributed by atoms with Crippen LogP contribution in [0.2, 0.25) is 0 Å². The Morgan fingerprint density at radius 1 is 1.10 bits per heavy atom. The Morgan fingerprint density at radius 3 is 2.48 bits per heavy atom. The van der Waals surface area contributed by atoms with E-state index in [-0.39, 0.29) is 5.75 Å². The van der Waals surface area contributed by atoms with E-state index < -0.39 is 6.36 Å². The van der Waals surface area contributed by atoms with E-state index in [0.717, 1.165) is 16.8 Å². The predicted molar refractivity (Wildman–Crippen MR) is 72.0 cm³/mol. The fourth-order valence-electron chi connectivity index (χ4n) is 2.05. The minimum atomic E-state index is -4.68. The number of pyridine rings is 1. The van der Waals surface area contributed by atoms with Crippen LogP contribution in [0.3, 0.4) is 0 Å². The fraction of sp³-hybridized carbons (Fsp3) is 0.133. The molecule has 0 aliphatic heterocycles. The number of rotatable bonds is 2. The van der Waals surface area contributed by atoms with Crippen molar-refractivity contribution in [2.75, 3.05) is 0 Å². The van der Waals surface area contributed by atoms with Gasteiger partial charge in [-0.25, -0.2) is 4.98 Å². The molecule has 2 heterocycles. The number of aryl methyl sites for hydroxylation is 1. The van der Waals surface area contributed by atoms with E-state index in [4.69, 9.17) is 0 Å². The van der Waals surface area contributed by atoms with Gasteiger partial charge in [0.15, 0.2) is 0 Å². The Kier molecular flexibility index (Phi) is 3.08. The lowest BCUT2D eigenvalue weighted by molar-refractivity contribution is -0.274. The monoisotopic (exact) mass is 292 g/mol. The maximum Gasteiger partial charge on any atom is 0.573 e. The second kappa shape index (κ2) is 4.80. The fourth-order valence-corrected chi connectivity index (χ4v) is 2.05. The molecule has 0 radical (unpaired) electrons. The highest BCUT2D eigenvalue weighted by atomic mass is 19.4. The molecule has 3 rings (SSSR count). The Hall–Kier alpha value is -2.50. The summed E-state index contributed by atoms with van der Waals surface area (Å²) in [5, 5.41) is 0. The quantitative estimate of drug-likeness (QED) is 0.707. The second-order valence-corrected chi connectivity index (χ2v) is 4.67. The lowest BCUT2D eigenvalue weighted by Gasteiger charge is -2.08. The third kappa shape index (κ3) is 2.99. The van der Waals surface area contributed by atoms with Gasteiger partial charge in [-0.05, 0) is 48.9 Å². The molecule has 0 saturated carbocycles. The van der Waals surface area contributed by atoms with Crippen LogP contribution in [0.15, 0.2) is 48.8 Å². The van der Waals surface area contributed by atoms with Crippen LogP contribution in [0.1, 0.15) is 5.56 Å². The number of hydrogen-bond donors (Lipinski definition) is 0. The highest BCUT2D eigenvalue weighted by molar-refractivity contribution is 5.63. The van der Waals surface area contributed by atoms with Crippen LogP contribution in [-0.4, -0.2) is 15.7 Å². The molecule has 6 heteroatoms. The van der Waals surface area contributed by atoms with E-state index in [9.17, 15) is 13.2 Å². The van der Waals surface area contributed by atoms with Crippen molar-refractivity contribution in [1.82, 2.24) is 9.38 Å². The van der Waals surface area contributed by atoms with Crippen LogP contribution < -0.4 is 4.74 Å². The van der Waals surface area contributed by atoms with Gasteiger partial charge in [-0.15, -0.1) is 13.2 Å². The third-order valence-electron chi connectivity index (χ3n) is 3.00. The Labute approximate surface area is 118 Å². The summed E-state index contributed by atoms with van der Waals surface area (Å²) in [6, 6.07) is 9.55. The summed E-state index contributed by atoms with van der Waals surface area (Å²) < 4.78 is 42.0. The zero-order chi connectivity index (χ0) is 15.0. The first-order valence-corrected chi connectivity index (χ1v) is 6.22. The molecule has 1 aromatic carbocycles. The number of halogens is 3. The minimum Gasteiger partial charge on any atom is -0.406 e. The molecule has 0 spiro atoms. The van der Waals surface area contributed by atoms with Gasteiger partial charge in [-0.3, -0.25) is 0 Å². The molecule has 0 unspecified atom stereocenters. The van der Waals surface area contributed by atoms with Gasteiger partial charge in [0.1, 0.15) is 11.4 Å². The van der Waals surface area contributed by atoms with Gasteiger partial charge >= 0.3 is 6.36 Å². The van der Waals surface area contributed by atoms with Crippen LogP contribution in [0.5, 0.6) is 5.75 Å². The van der Waals surface area contributed by atoms with E-state index in [0.29, 0.717) is 5.69 Å². The van der Waals surface area contributed by atoms with Crippen LogP contribution in [0.25, 0.3) is 16.9 Å². The average molecular weight is 292 g/mol. The van der Waals surface area contributed by atoms with Crippen molar-refractivity contribution >= 4 is 5.65 Å². The van der Waals surface area contributed by atoms with Crippen molar-refractivity contribution in [3.63, 3.8) is 0 Å². The van der Waals surface area contributed by atoms with E-state index in [1.54, 1.807) is 12.1 Å². The summed E-state index contributed by atoms with van der Waals surface area (Å²) in [4.78, 5) is 4.45. The molecule has 0 fully saturated rings. The molecule has 0 aliphatic carbocycles. The maximum absolute atomic E-state index is 12.1. The van der Waals surface area contributed by atoms with Crippen molar-refractivity contribution in [3.05, 3.63) is 54.4 Å². The molecule has 108 valence electrons. The van der Waals surface area contributed by atoms with Gasteiger partial charge in [0.25, 0.3) is 0 Å². The molecule has 0 atom stereocenters. The summed E-state index contributed by atoms with van der Waals surface area (Å²) in [5.41, 5.74) is 3.30. The number of aromatic nitrogens is 2. The summed E-state index contributed by atoms with van der Waals surface area (Å²) in [6.07, 6.45) is -0.959. The molecule has 0 N–H and O–H groups in total. The van der Waals surface area contributed by atoms with Crippen LogP contribution >= 0.6 is 0 Å². The normalized spacial score (nSPS) is 11.8. The van der Waals surface area contributed by atoms with Gasteiger partial charge in [-0.1, -0.05) is 0 Å². The van der Waals surface area contributed by atoms with Crippen molar-refractivity contribution in [3.8, 4) is 17.0 Å². The molecule has 2 aromatic heterocycles. The van der Waals surface area contributed by atoms with Crippen molar-refractivity contribution < 1.29 is 17.9 Å². The van der Waals surface area contributed by atoms with Gasteiger partial charge in [-0.2, -0.15) is 0 Å². The Morgan fingerprint density at radius 2 is 1.81 bits per heavy atom. The molecule has 3 aromatic rings. The van der Waals surface area contributed by atoms with E-state index >= 15 is 0 Å². The first kappa shape index (κ1) is 13.5. The first-order chi connectivity index (χ1) is 9.90. The first-order valence-electron chi connectivity index (χ1n) is 6.22. The highest BCUT2D eigenvalue weighted by Crippen LogP contribution is 2.26. The lowest BCUT2D eigenvalue weighted by Crippen LogP contribution is -2.16. The number of alkyl halides is 3. The number of fused-ring (bicyclic) bond motifs is 1. The minimum absolute atomic E-state index is 0.245. The van der Waals surface area contributed by atoms with Crippen LogP contribution in [0, 0.1) is 6.92 Å². The molecule has 3 nitrogen and oxygen atoms in total. The Bertz CT molecular complexity index is 776. The molecular formula is C15H11F3N2O. The zero-order valence-corrected chi connectivity index (χ0v) is 11.1. The van der Waals surface area contributed by atoms with Crippen LogP contribution in [0.4, 0.5) is 13.2 Å². The average Bonchev–Trinajstić information content (AvgIpc) is 2.80. The molecule has 0 bridgehead atoms. The topological polar surface area (TPSA) is 26.5 Å². The zero-order valence-electron chi connectivity index (χ0n) is 11.1. The standard InChI is InChI=1S/C15H11F3N2O/c1-10-6-7-20-9-13(19-14(20)8-10)11-2-4-12(5-3-11)21-15(16,17)18/h2-9H,1H3. The second-order valence-electron chi connectivity index (χ2n) is 4.67. The number of nitrogens with zero attached hydrogens (tertiary/aromatic N) is 2. The van der Waals surface area contributed by atoms with Gasteiger partial charge < -0.3 is 9.14 Å². The SMILES string of the molecule is Cc1ccn2cc(-c3ccc(OC(F)(F)F)cc3)nc2c1. The molecule has 0 saturated heterocycles. The van der Waals surface area contributed by atoms with Gasteiger partial charge in [0.05, 0.1) is 5.69 Å². The molecule has 21 heavy (non-hydrogen) atoms. The van der Waals surface area contributed by atoms with Crippen molar-refractivity contribution in [1.29, 1.82) is 0 Å². The number of imidazole rings is 1. The van der Waals surface area contributed by atoms with E-state index in [1.165, 1.54) is 12.1 Å². The summed E-state index contributed by atoms with van der Waals surface area (Å²) in [6.45, 7) is 1.97. The van der Waals surface area contributed by atoms with Gasteiger partial charge in [0, 0.05) is 18.0 Å². The number of benzene rings is 1. The number of ether oxygens (including phenoxy) is 1. The molecular weight excluding hydrogens is 281 g/mol. The van der Waals surface area contributed by atoms with Crippen molar-refractivity contribution in [2.24, 2.45) is 0 Å². The smallest absolute Gasteiger partial charge is 0.406 e. The third-order valence-corrected chi connectivity index (χ3v) is 3.00. The predicted octanol–water partition coefficient (Wildman–Crippen LogP) is 4.21. The Balaban J connectivity index is 1.91. The lowest BCUT2D eigenvalue weighted by atomic mass is 10.2. The van der Waals surface area contributed by atoms with E-state index in [1.807, 2.05) is 35.9 Å². The molecule has 0 amide bonds. The maximum atomic E-state index is 12.1. The summed E-state index contributed by atoms with van der Waals surface area (Å²) >= 11 is 0.